The van der Waals surface area contributed by atoms with E-state index in [1.54, 1.807) is 0 Å². The van der Waals surface area contributed by atoms with Crippen molar-refractivity contribution in [3.05, 3.63) is 0 Å². The Labute approximate surface area is 46.5 Å². The molecule has 0 heterocycles. The monoisotopic (exact) mass is 121 g/mol. The van der Waals surface area contributed by atoms with Crippen LogP contribution in [0.1, 0.15) is 6.92 Å². The molecule has 48 valence electrons. The molecule has 8 heavy (non-hydrogen) atoms. The van der Waals surface area contributed by atoms with Crippen LogP contribution in [0.3, 0.4) is 0 Å². The van der Waals surface area contributed by atoms with Crippen molar-refractivity contribution in [1.29, 1.82) is 0 Å². The second-order valence-electron chi connectivity index (χ2n) is 1.47. The van der Waals surface area contributed by atoms with Gasteiger partial charge in [0.05, 0.1) is 6.54 Å². The fourth-order valence-electron chi connectivity index (χ4n) is 0.228. The molecule has 1 atom stereocenters. The van der Waals surface area contributed by atoms with Gasteiger partial charge in [-0.3, -0.25) is 0 Å². The van der Waals surface area contributed by atoms with Crippen molar-refractivity contribution in [1.82, 2.24) is 5.32 Å². The number of hydrogen-bond donors (Lipinski definition) is 2. The Bertz CT molecular complexity index is 84.1. The fraction of sp³-hybridized carbons (Fsp3) is 0.750. The maximum atomic E-state index is 11.7. The van der Waals surface area contributed by atoms with E-state index < -0.39 is 12.3 Å². The molecule has 4 heteroatoms. The summed E-state index contributed by atoms with van der Waals surface area (Å²) in [6.45, 7) is 1.16. The third kappa shape index (κ3) is 5.20. The molecule has 0 aromatic carbocycles. The van der Waals surface area contributed by atoms with Crippen molar-refractivity contribution in [3.63, 3.8) is 0 Å². The number of carboxylic acid groups (broad SMARTS) is 1. The number of amides is 1. The van der Waals surface area contributed by atoms with E-state index in [2.05, 4.69) is 0 Å². The van der Waals surface area contributed by atoms with Crippen molar-refractivity contribution < 1.29 is 14.3 Å². The minimum Gasteiger partial charge on any atom is -0.465 e. The molecule has 0 radical (unpaired) electrons. The topological polar surface area (TPSA) is 49.3 Å². The quantitative estimate of drug-likeness (QED) is 0.562. The molecule has 2 N–H and O–H groups in total. The Morgan fingerprint density at radius 3 is 2.62 bits per heavy atom. The van der Waals surface area contributed by atoms with Crippen molar-refractivity contribution in [2.24, 2.45) is 0 Å². The Kier molecular flexibility index (Phi) is 2.91. The van der Waals surface area contributed by atoms with Gasteiger partial charge in [0.15, 0.2) is 0 Å². The summed E-state index contributed by atoms with van der Waals surface area (Å²) in [5, 5.41) is 9.77. The van der Waals surface area contributed by atoms with E-state index in [-0.39, 0.29) is 6.54 Å². The highest BCUT2D eigenvalue weighted by Crippen LogP contribution is 1.82. The van der Waals surface area contributed by atoms with Crippen molar-refractivity contribution in [3.8, 4) is 0 Å². The van der Waals surface area contributed by atoms with E-state index in [0.717, 1.165) is 0 Å². The summed E-state index contributed by atoms with van der Waals surface area (Å²) in [4.78, 5) is 9.63. The lowest BCUT2D eigenvalue weighted by Gasteiger charge is -1.98. The van der Waals surface area contributed by atoms with Gasteiger partial charge in [-0.25, -0.2) is 9.18 Å². The van der Waals surface area contributed by atoms with Gasteiger partial charge in [0.25, 0.3) is 0 Å². The molecular weight excluding hydrogens is 113 g/mol. The molecule has 3 nitrogen and oxygen atoms in total. The van der Waals surface area contributed by atoms with E-state index >= 15 is 0 Å². The molecule has 0 bridgehead atoms. The molecule has 0 unspecified atom stereocenters. The highest BCUT2D eigenvalue weighted by atomic mass is 19.1. The first kappa shape index (κ1) is 7.20. The van der Waals surface area contributed by atoms with E-state index in [9.17, 15) is 9.18 Å². The maximum absolute atomic E-state index is 11.7. The van der Waals surface area contributed by atoms with Crippen molar-refractivity contribution >= 4 is 6.09 Å². The summed E-state index contributed by atoms with van der Waals surface area (Å²) in [6, 6.07) is 0. The standard InChI is InChI=1S/C4H8FNO2/c1-3(5)2-6-4(7)8/h3,6H,2H2,1H3,(H,7,8)/t3-/m0/s1. The number of nitrogens with one attached hydrogen (secondary N) is 1. The predicted octanol–water partition coefficient (Wildman–Crippen LogP) is 0.612. The van der Waals surface area contributed by atoms with Crippen LogP contribution in [0.5, 0.6) is 0 Å². The molecular formula is C4H8FNO2. The number of halogens is 1. The second-order valence-corrected chi connectivity index (χ2v) is 1.47. The first-order valence-electron chi connectivity index (χ1n) is 2.24. The summed E-state index contributed by atoms with van der Waals surface area (Å²) in [7, 11) is 0. The minimum atomic E-state index is -1.19. The molecule has 0 aromatic rings. The predicted molar refractivity (Wildman–Crippen MR) is 26.6 cm³/mol. The van der Waals surface area contributed by atoms with Gasteiger partial charge < -0.3 is 10.4 Å². The average molecular weight is 121 g/mol. The summed E-state index contributed by atoms with van der Waals surface area (Å²) in [5.41, 5.74) is 0. The van der Waals surface area contributed by atoms with Gasteiger partial charge in [0.2, 0.25) is 0 Å². The second kappa shape index (κ2) is 3.23. The molecule has 0 fully saturated rings. The van der Waals surface area contributed by atoms with Gasteiger partial charge in [-0.15, -0.1) is 0 Å². The highest BCUT2D eigenvalue weighted by molar-refractivity contribution is 5.64. The van der Waals surface area contributed by atoms with Crippen LogP contribution in [0.2, 0.25) is 0 Å². The third-order valence-electron chi connectivity index (χ3n) is 0.535. The Morgan fingerprint density at radius 1 is 2.00 bits per heavy atom. The van der Waals surface area contributed by atoms with Gasteiger partial charge in [-0.1, -0.05) is 0 Å². The van der Waals surface area contributed by atoms with Gasteiger partial charge in [0.1, 0.15) is 6.17 Å². The molecule has 0 aliphatic carbocycles. The molecule has 0 saturated heterocycles. The van der Waals surface area contributed by atoms with Gasteiger partial charge in [-0.05, 0) is 6.92 Å². The van der Waals surface area contributed by atoms with Crippen LogP contribution >= 0.6 is 0 Å². The van der Waals surface area contributed by atoms with Crippen molar-refractivity contribution in [2.45, 2.75) is 13.1 Å². The molecule has 0 saturated carbocycles. The summed E-state index contributed by atoms with van der Waals surface area (Å²) in [6.07, 6.45) is -2.29. The van der Waals surface area contributed by atoms with Crippen LogP contribution in [0.25, 0.3) is 0 Å². The van der Waals surface area contributed by atoms with Crippen LogP contribution in [0, 0.1) is 0 Å². The van der Waals surface area contributed by atoms with Crippen LogP contribution in [0.4, 0.5) is 9.18 Å². The first-order chi connectivity index (χ1) is 3.63. The number of carbonyl (C=O) groups is 1. The van der Waals surface area contributed by atoms with Crippen LogP contribution in [0.15, 0.2) is 0 Å². The molecule has 0 rings (SSSR count). The Hall–Kier alpha value is -0.800. The van der Waals surface area contributed by atoms with E-state index in [1.807, 2.05) is 5.32 Å². The summed E-state index contributed by atoms with van der Waals surface area (Å²) in [5.74, 6) is 0. The number of hydrogen-bond acceptors (Lipinski definition) is 1. The lowest BCUT2D eigenvalue weighted by Crippen LogP contribution is -2.26. The Balaban J connectivity index is 3.05. The smallest absolute Gasteiger partial charge is 0.404 e. The van der Waals surface area contributed by atoms with Gasteiger partial charge in [-0.2, -0.15) is 0 Å². The van der Waals surface area contributed by atoms with Gasteiger partial charge in [0, 0.05) is 0 Å². The zero-order chi connectivity index (χ0) is 6.57. The van der Waals surface area contributed by atoms with E-state index in [1.165, 1.54) is 6.92 Å². The SMILES string of the molecule is C[C@H](F)CNC(=O)O. The van der Waals surface area contributed by atoms with E-state index in [4.69, 9.17) is 5.11 Å². The van der Waals surface area contributed by atoms with Gasteiger partial charge >= 0.3 is 6.09 Å². The molecule has 0 aliphatic heterocycles. The minimum absolute atomic E-state index is 0.130. The van der Waals surface area contributed by atoms with Crippen LogP contribution in [-0.4, -0.2) is 23.9 Å². The average Bonchev–Trinajstić information content (AvgIpc) is 1.61. The summed E-state index contributed by atoms with van der Waals surface area (Å²) >= 11 is 0. The number of rotatable bonds is 2. The fourth-order valence-corrected chi connectivity index (χ4v) is 0.228. The maximum Gasteiger partial charge on any atom is 0.404 e. The molecule has 0 aliphatic rings. The Morgan fingerprint density at radius 2 is 2.50 bits per heavy atom. The zero-order valence-electron chi connectivity index (χ0n) is 4.52. The zero-order valence-corrected chi connectivity index (χ0v) is 4.52. The normalized spacial score (nSPS) is 12.8. The lowest BCUT2D eigenvalue weighted by atomic mass is 10.4. The molecule has 0 aromatic heterocycles. The van der Waals surface area contributed by atoms with E-state index in [0.29, 0.717) is 0 Å². The largest absolute Gasteiger partial charge is 0.465 e. The third-order valence-corrected chi connectivity index (χ3v) is 0.535. The molecule has 0 spiro atoms. The van der Waals surface area contributed by atoms with Crippen LogP contribution < -0.4 is 5.32 Å². The van der Waals surface area contributed by atoms with Crippen LogP contribution in [-0.2, 0) is 0 Å². The van der Waals surface area contributed by atoms with Crippen molar-refractivity contribution in [2.75, 3.05) is 6.54 Å². The summed E-state index contributed by atoms with van der Waals surface area (Å²) < 4.78 is 11.7. The number of alkyl halides is 1. The first-order valence-corrected chi connectivity index (χ1v) is 2.24. The highest BCUT2D eigenvalue weighted by Gasteiger charge is 1.98. The lowest BCUT2D eigenvalue weighted by molar-refractivity contribution is 0.190. The molecule has 1 amide bonds.